The van der Waals surface area contributed by atoms with Gasteiger partial charge in [-0.05, 0) is 49.9 Å². The van der Waals surface area contributed by atoms with Crippen molar-refractivity contribution in [2.45, 2.75) is 38.5 Å². The molecule has 1 aromatic heterocycles. The van der Waals surface area contributed by atoms with Gasteiger partial charge in [0.1, 0.15) is 0 Å². The predicted molar refractivity (Wildman–Crippen MR) is 99.5 cm³/mol. The average Bonchev–Trinajstić information content (AvgIpc) is 3.49. The number of carbonyl (C=O) groups is 1. The highest BCUT2D eigenvalue weighted by Gasteiger charge is 2.29. The number of hydrogen-bond donors (Lipinski definition) is 1. The van der Waals surface area contributed by atoms with Crippen LogP contribution in [0.25, 0.3) is 11.3 Å². The number of nitrogens with zero attached hydrogens (tertiary/aromatic N) is 3. The molecule has 5 heteroatoms. The van der Waals surface area contributed by atoms with Gasteiger partial charge in [0, 0.05) is 30.3 Å². The SMILES string of the molecule is O=C(Nc1ccc(-c2ccc(N3CCCCCC3)nn2)cc1)C1CC1. The standard InChI is InChI=1S/C20H24N4O/c25-20(16-5-6-16)21-17-9-7-15(8-10-17)18-11-12-19(23-22-18)24-13-3-1-2-4-14-24/h7-12,16H,1-6,13-14H2,(H,21,25). The largest absolute Gasteiger partial charge is 0.355 e. The summed E-state index contributed by atoms with van der Waals surface area (Å²) in [4.78, 5) is 14.1. The highest BCUT2D eigenvalue weighted by atomic mass is 16.2. The Balaban J connectivity index is 1.43. The molecule has 1 amide bonds. The molecule has 4 rings (SSSR count). The van der Waals surface area contributed by atoms with Gasteiger partial charge in [-0.2, -0.15) is 0 Å². The van der Waals surface area contributed by atoms with E-state index >= 15 is 0 Å². The molecule has 1 aromatic carbocycles. The van der Waals surface area contributed by atoms with Gasteiger partial charge in [-0.25, -0.2) is 0 Å². The molecular formula is C20H24N4O. The zero-order valence-corrected chi connectivity index (χ0v) is 14.4. The van der Waals surface area contributed by atoms with E-state index in [1.165, 1.54) is 25.7 Å². The number of anilines is 2. The van der Waals surface area contributed by atoms with E-state index in [-0.39, 0.29) is 11.8 Å². The summed E-state index contributed by atoms with van der Waals surface area (Å²) in [5.41, 5.74) is 2.72. The molecular weight excluding hydrogens is 312 g/mol. The number of aromatic nitrogens is 2. The van der Waals surface area contributed by atoms with Gasteiger partial charge in [-0.1, -0.05) is 25.0 Å². The summed E-state index contributed by atoms with van der Waals surface area (Å²) in [5, 5.41) is 11.8. The first-order valence-corrected chi connectivity index (χ1v) is 9.29. The Morgan fingerprint density at radius 1 is 0.920 bits per heavy atom. The molecule has 1 saturated carbocycles. The second-order valence-electron chi connectivity index (χ2n) is 7.02. The molecule has 0 spiro atoms. The third kappa shape index (κ3) is 3.98. The van der Waals surface area contributed by atoms with Crippen molar-refractivity contribution in [3.8, 4) is 11.3 Å². The third-order valence-corrected chi connectivity index (χ3v) is 4.98. The molecule has 0 bridgehead atoms. The van der Waals surface area contributed by atoms with Crippen LogP contribution in [-0.2, 0) is 4.79 Å². The maximum Gasteiger partial charge on any atom is 0.227 e. The molecule has 2 aliphatic rings. The Labute approximate surface area is 148 Å². The van der Waals surface area contributed by atoms with E-state index in [1.54, 1.807) is 0 Å². The fourth-order valence-electron chi connectivity index (χ4n) is 3.26. The number of benzene rings is 1. The van der Waals surface area contributed by atoms with E-state index in [9.17, 15) is 4.79 Å². The van der Waals surface area contributed by atoms with Crippen LogP contribution in [0.1, 0.15) is 38.5 Å². The Bertz CT molecular complexity index is 714. The van der Waals surface area contributed by atoms with Crippen LogP contribution >= 0.6 is 0 Å². The minimum atomic E-state index is 0.134. The van der Waals surface area contributed by atoms with E-state index in [4.69, 9.17) is 0 Å². The Kier molecular flexibility index (Phi) is 4.63. The van der Waals surface area contributed by atoms with Crippen molar-refractivity contribution in [1.29, 1.82) is 0 Å². The van der Waals surface area contributed by atoms with E-state index in [1.807, 2.05) is 30.3 Å². The van der Waals surface area contributed by atoms with E-state index in [0.29, 0.717) is 0 Å². The van der Waals surface area contributed by atoms with Crippen LogP contribution in [0.5, 0.6) is 0 Å². The van der Waals surface area contributed by atoms with Crippen molar-refractivity contribution in [3.05, 3.63) is 36.4 Å². The molecule has 2 aromatic rings. The topological polar surface area (TPSA) is 58.1 Å². The number of carbonyl (C=O) groups excluding carboxylic acids is 1. The first-order chi connectivity index (χ1) is 12.3. The molecule has 1 saturated heterocycles. The van der Waals surface area contributed by atoms with E-state index in [0.717, 1.165) is 48.7 Å². The lowest BCUT2D eigenvalue weighted by Gasteiger charge is -2.20. The maximum atomic E-state index is 11.8. The quantitative estimate of drug-likeness (QED) is 0.921. The van der Waals surface area contributed by atoms with Crippen molar-refractivity contribution in [2.24, 2.45) is 5.92 Å². The molecule has 0 atom stereocenters. The molecule has 1 aliphatic heterocycles. The van der Waals surface area contributed by atoms with Crippen molar-refractivity contribution in [3.63, 3.8) is 0 Å². The van der Waals surface area contributed by atoms with Crippen molar-refractivity contribution >= 4 is 17.4 Å². The summed E-state index contributed by atoms with van der Waals surface area (Å²) >= 11 is 0. The highest BCUT2D eigenvalue weighted by Crippen LogP contribution is 2.30. The van der Waals surface area contributed by atoms with Crippen LogP contribution in [0, 0.1) is 5.92 Å². The molecule has 25 heavy (non-hydrogen) atoms. The average molecular weight is 336 g/mol. The molecule has 2 fully saturated rings. The highest BCUT2D eigenvalue weighted by molar-refractivity contribution is 5.94. The van der Waals surface area contributed by atoms with Crippen LogP contribution < -0.4 is 10.2 Å². The number of nitrogens with one attached hydrogen (secondary N) is 1. The van der Waals surface area contributed by atoms with Gasteiger partial charge in [0.2, 0.25) is 5.91 Å². The lowest BCUT2D eigenvalue weighted by Crippen LogP contribution is -2.25. The molecule has 0 unspecified atom stereocenters. The van der Waals surface area contributed by atoms with Gasteiger partial charge < -0.3 is 10.2 Å². The van der Waals surface area contributed by atoms with E-state index < -0.39 is 0 Å². The van der Waals surface area contributed by atoms with Crippen molar-refractivity contribution in [1.82, 2.24) is 10.2 Å². The molecule has 1 N–H and O–H groups in total. The van der Waals surface area contributed by atoms with Crippen LogP contribution in [0.3, 0.4) is 0 Å². The normalized spacial score (nSPS) is 17.8. The zero-order chi connectivity index (χ0) is 17.1. The summed E-state index contributed by atoms with van der Waals surface area (Å²) in [6, 6.07) is 11.9. The van der Waals surface area contributed by atoms with Gasteiger partial charge in [-0.3, -0.25) is 4.79 Å². The Morgan fingerprint density at radius 2 is 1.64 bits per heavy atom. The smallest absolute Gasteiger partial charge is 0.227 e. The maximum absolute atomic E-state index is 11.8. The van der Waals surface area contributed by atoms with Gasteiger partial charge in [0.05, 0.1) is 5.69 Å². The first kappa shape index (κ1) is 16.1. The molecule has 0 radical (unpaired) electrons. The molecule has 5 nitrogen and oxygen atoms in total. The predicted octanol–water partition coefficient (Wildman–Crippen LogP) is 3.87. The minimum absolute atomic E-state index is 0.134. The van der Waals surface area contributed by atoms with Crippen molar-refractivity contribution in [2.75, 3.05) is 23.3 Å². The van der Waals surface area contributed by atoms with Crippen molar-refractivity contribution < 1.29 is 4.79 Å². The van der Waals surface area contributed by atoms with Gasteiger partial charge >= 0.3 is 0 Å². The number of amides is 1. The van der Waals surface area contributed by atoms with Crippen LogP contribution in [0.4, 0.5) is 11.5 Å². The summed E-state index contributed by atoms with van der Waals surface area (Å²) in [6.45, 7) is 2.15. The lowest BCUT2D eigenvalue weighted by atomic mass is 10.1. The summed E-state index contributed by atoms with van der Waals surface area (Å²) < 4.78 is 0. The zero-order valence-electron chi connectivity index (χ0n) is 14.4. The number of hydrogen-bond acceptors (Lipinski definition) is 4. The lowest BCUT2D eigenvalue weighted by molar-refractivity contribution is -0.117. The molecule has 130 valence electrons. The second kappa shape index (κ2) is 7.21. The molecule has 1 aliphatic carbocycles. The van der Waals surface area contributed by atoms with Crippen LogP contribution in [0.2, 0.25) is 0 Å². The van der Waals surface area contributed by atoms with Crippen LogP contribution in [0.15, 0.2) is 36.4 Å². The summed E-state index contributed by atoms with van der Waals surface area (Å²) in [7, 11) is 0. The molecule has 2 heterocycles. The van der Waals surface area contributed by atoms with Gasteiger partial charge in [-0.15, -0.1) is 10.2 Å². The Hall–Kier alpha value is -2.43. The van der Waals surface area contributed by atoms with E-state index in [2.05, 4.69) is 26.5 Å². The summed E-state index contributed by atoms with van der Waals surface area (Å²) in [6.07, 6.45) is 7.12. The van der Waals surface area contributed by atoms with Gasteiger partial charge in [0.25, 0.3) is 0 Å². The number of rotatable bonds is 4. The first-order valence-electron chi connectivity index (χ1n) is 9.29. The van der Waals surface area contributed by atoms with Crippen LogP contribution in [-0.4, -0.2) is 29.2 Å². The fourth-order valence-corrected chi connectivity index (χ4v) is 3.26. The Morgan fingerprint density at radius 3 is 2.24 bits per heavy atom. The third-order valence-electron chi connectivity index (χ3n) is 4.98. The van der Waals surface area contributed by atoms with Gasteiger partial charge in [0.15, 0.2) is 5.82 Å². The monoisotopic (exact) mass is 336 g/mol. The summed E-state index contributed by atoms with van der Waals surface area (Å²) in [5.74, 6) is 1.32. The minimum Gasteiger partial charge on any atom is -0.355 e. The fraction of sp³-hybridized carbons (Fsp3) is 0.450. The second-order valence-corrected chi connectivity index (χ2v) is 7.02.